The molecule has 0 fully saturated rings. The van der Waals surface area contributed by atoms with Gasteiger partial charge < -0.3 is 19.8 Å². The second-order valence-electron chi connectivity index (χ2n) is 6.07. The molecule has 3 aromatic rings. The van der Waals surface area contributed by atoms with Crippen molar-refractivity contribution < 1.29 is 18.7 Å². The number of nitrogens with one attached hydrogen (secondary N) is 2. The molecule has 1 heterocycles. The van der Waals surface area contributed by atoms with Crippen LogP contribution in [0.25, 0.3) is 0 Å². The van der Waals surface area contributed by atoms with E-state index in [0.717, 1.165) is 10.0 Å². The first-order chi connectivity index (χ1) is 13.5. The van der Waals surface area contributed by atoms with Crippen molar-refractivity contribution in [2.45, 2.75) is 13.5 Å². The highest BCUT2D eigenvalue weighted by atomic mass is 79.9. The molecule has 0 aliphatic rings. The first-order valence-corrected chi connectivity index (χ1v) is 9.40. The van der Waals surface area contributed by atoms with E-state index in [-0.39, 0.29) is 24.8 Å². The zero-order chi connectivity index (χ0) is 19.9. The van der Waals surface area contributed by atoms with Gasteiger partial charge in [0.25, 0.3) is 5.91 Å². The fourth-order valence-electron chi connectivity index (χ4n) is 2.53. The number of ether oxygens (including phenoxy) is 1. The van der Waals surface area contributed by atoms with E-state index in [0.29, 0.717) is 17.0 Å². The van der Waals surface area contributed by atoms with Gasteiger partial charge in [0.15, 0.2) is 5.76 Å². The van der Waals surface area contributed by atoms with Crippen LogP contribution in [-0.2, 0) is 11.4 Å². The van der Waals surface area contributed by atoms with E-state index >= 15 is 0 Å². The minimum Gasteiger partial charge on any atom is -0.489 e. The third kappa shape index (κ3) is 5.23. The summed E-state index contributed by atoms with van der Waals surface area (Å²) in [4.78, 5) is 24.5. The lowest BCUT2D eigenvalue weighted by Gasteiger charge is -2.10. The first-order valence-electron chi connectivity index (χ1n) is 8.61. The molecule has 0 spiro atoms. The Bertz CT molecular complexity index is 970. The molecule has 144 valence electrons. The Morgan fingerprint density at radius 3 is 2.64 bits per heavy atom. The van der Waals surface area contributed by atoms with Gasteiger partial charge in [0, 0.05) is 15.7 Å². The SMILES string of the molecule is Cc1cc(Br)ccc1NC(=O)CNC(=O)c1occc1COc1ccccc1. The smallest absolute Gasteiger partial charge is 0.287 e. The maximum atomic E-state index is 12.4. The number of para-hydroxylation sites is 1. The van der Waals surface area contributed by atoms with Crippen LogP contribution in [0.15, 0.2) is 69.8 Å². The summed E-state index contributed by atoms with van der Waals surface area (Å²) in [6.45, 7) is 1.91. The van der Waals surface area contributed by atoms with Gasteiger partial charge in [0.1, 0.15) is 12.4 Å². The maximum absolute atomic E-state index is 12.4. The van der Waals surface area contributed by atoms with E-state index in [2.05, 4.69) is 26.6 Å². The molecule has 0 aliphatic carbocycles. The molecule has 2 aromatic carbocycles. The highest BCUT2D eigenvalue weighted by Crippen LogP contribution is 2.20. The van der Waals surface area contributed by atoms with Gasteiger partial charge in [0.05, 0.1) is 12.8 Å². The van der Waals surface area contributed by atoms with E-state index in [9.17, 15) is 9.59 Å². The largest absolute Gasteiger partial charge is 0.489 e. The highest BCUT2D eigenvalue weighted by Gasteiger charge is 2.17. The predicted molar refractivity (Wildman–Crippen MR) is 109 cm³/mol. The second-order valence-corrected chi connectivity index (χ2v) is 6.98. The molecule has 2 amide bonds. The van der Waals surface area contributed by atoms with Crippen molar-refractivity contribution >= 4 is 33.4 Å². The Morgan fingerprint density at radius 1 is 1.11 bits per heavy atom. The zero-order valence-corrected chi connectivity index (χ0v) is 16.8. The first kappa shape index (κ1) is 19.7. The summed E-state index contributed by atoms with van der Waals surface area (Å²) in [6, 6.07) is 16.5. The minimum atomic E-state index is -0.473. The van der Waals surface area contributed by atoms with Gasteiger partial charge in [-0.25, -0.2) is 0 Å². The Morgan fingerprint density at radius 2 is 1.89 bits per heavy atom. The molecule has 0 bridgehead atoms. The van der Waals surface area contributed by atoms with Crippen LogP contribution in [0.2, 0.25) is 0 Å². The lowest BCUT2D eigenvalue weighted by molar-refractivity contribution is -0.115. The number of hydrogen-bond donors (Lipinski definition) is 2. The molecule has 0 unspecified atom stereocenters. The van der Waals surface area contributed by atoms with E-state index in [1.165, 1.54) is 6.26 Å². The molecule has 0 saturated carbocycles. The van der Waals surface area contributed by atoms with Gasteiger partial charge in [-0.15, -0.1) is 0 Å². The van der Waals surface area contributed by atoms with Crippen molar-refractivity contribution in [3.05, 3.63) is 82.2 Å². The highest BCUT2D eigenvalue weighted by molar-refractivity contribution is 9.10. The summed E-state index contributed by atoms with van der Waals surface area (Å²) < 4.78 is 11.8. The van der Waals surface area contributed by atoms with Crippen LogP contribution in [0.4, 0.5) is 5.69 Å². The number of carbonyl (C=O) groups excluding carboxylic acids is 2. The molecule has 1 aromatic heterocycles. The fraction of sp³-hybridized carbons (Fsp3) is 0.143. The lowest BCUT2D eigenvalue weighted by Crippen LogP contribution is -2.33. The summed E-state index contributed by atoms with van der Waals surface area (Å²) in [7, 11) is 0. The molecule has 0 aliphatic heterocycles. The number of furan rings is 1. The Hall–Kier alpha value is -3.06. The van der Waals surface area contributed by atoms with Gasteiger partial charge >= 0.3 is 0 Å². The molecule has 7 heteroatoms. The molecular formula is C21H19BrN2O4. The van der Waals surface area contributed by atoms with Crippen LogP contribution >= 0.6 is 15.9 Å². The van der Waals surface area contributed by atoms with Crippen molar-refractivity contribution in [3.63, 3.8) is 0 Å². The number of anilines is 1. The zero-order valence-electron chi connectivity index (χ0n) is 15.2. The summed E-state index contributed by atoms with van der Waals surface area (Å²) in [5, 5.41) is 5.33. The normalized spacial score (nSPS) is 10.4. The summed E-state index contributed by atoms with van der Waals surface area (Å²) in [5.41, 5.74) is 2.21. The third-order valence-corrected chi connectivity index (χ3v) is 4.46. The molecular weight excluding hydrogens is 424 g/mol. The lowest BCUT2D eigenvalue weighted by atomic mass is 10.2. The number of rotatable bonds is 7. The Labute approximate surface area is 171 Å². The summed E-state index contributed by atoms with van der Waals surface area (Å²) in [6.07, 6.45) is 1.42. The maximum Gasteiger partial charge on any atom is 0.287 e. The van der Waals surface area contributed by atoms with Crippen LogP contribution in [0.1, 0.15) is 21.7 Å². The van der Waals surface area contributed by atoms with E-state index in [1.807, 2.05) is 49.4 Å². The quantitative estimate of drug-likeness (QED) is 0.571. The molecule has 0 atom stereocenters. The molecule has 0 radical (unpaired) electrons. The fourth-order valence-corrected chi connectivity index (χ4v) is 3.00. The number of carbonyl (C=O) groups is 2. The third-order valence-electron chi connectivity index (χ3n) is 3.96. The van der Waals surface area contributed by atoms with Gasteiger partial charge in [0.2, 0.25) is 5.91 Å². The predicted octanol–water partition coefficient (Wildman–Crippen LogP) is 4.30. The van der Waals surface area contributed by atoms with Gasteiger partial charge in [-0.3, -0.25) is 9.59 Å². The average molecular weight is 443 g/mol. The summed E-state index contributed by atoms with van der Waals surface area (Å²) >= 11 is 3.38. The molecule has 28 heavy (non-hydrogen) atoms. The topological polar surface area (TPSA) is 80.6 Å². The van der Waals surface area contributed by atoms with E-state index < -0.39 is 5.91 Å². The van der Waals surface area contributed by atoms with Crippen LogP contribution in [-0.4, -0.2) is 18.4 Å². The van der Waals surface area contributed by atoms with E-state index in [4.69, 9.17) is 9.15 Å². The number of amides is 2. The van der Waals surface area contributed by atoms with Crippen LogP contribution in [0.5, 0.6) is 5.75 Å². The van der Waals surface area contributed by atoms with Crippen molar-refractivity contribution in [1.29, 1.82) is 0 Å². The number of hydrogen-bond acceptors (Lipinski definition) is 4. The van der Waals surface area contributed by atoms with Crippen molar-refractivity contribution in [2.24, 2.45) is 0 Å². The van der Waals surface area contributed by atoms with Crippen molar-refractivity contribution in [1.82, 2.24) is 5.32 Å². The van der Waals surface area contributed by atoms with Gasteiger partial charge in [-0.2, -0.15) is 0 Å². The van der Waals surface area contributed by atoms with Crippen LogP contribution in [0, 0.1) is 6.92 Å². The van der Waals surface area contributed by atoms with Crippen LogP contribution < -0.4 is 15.4 Å². The van der Waals surface area contributed by atoms with Crippen molar-refractivity contribution in [2.75, 3.05) is 11.9 Å². The molecule has 6 nitrogen and oxygen atoms in total. The second kappa shape index (κ2) is 9.23. The van der Waals surface area contributed by atoms with Crippen LogP contribution in [0.3, 0.4) is 0 Å². The average Bonchev–Trinajstić information content (AvgIpc) is 3.16. The Balaban J connectivity index is 1.53. The van der Waals surface area contributed by atoms with E-state index in [1.54, 1.807) is 12.1 Å². The number of halogens is 1. The number of benzene rings is 2. The molecule has 2 N–H and O–H groups in total. The van der Waals surface area contributed by atoms with Crippen molar-refractivity contribution in [3.8, 4) is 5.75 Å². The standard InChI is InChI=1S/C21H19BrN2O4/c1-14-11-16(22)7-8-18(14)24-19(25)12-23-21(26)20-15(9-10-27-20)13-28-17-5-3-2-4-6-17/h2-11H,12-13H2,1H3,(H,23,26)(H,24,25). The molecule has 0 saturated heterocycles. The molecule has 3 rings (SSSR count). The monoisotopic (exact) mass is 442 g/mol. The number of aryl methyl sites for hydroxylation is 1. The van der Waals surface area contributed by atoms with Gasteiger partial charge in [-0.1, -0.05) is 34.1 Å². The Kier molecular flexibility index (Phi) is 6.49. The minimum absolute atomic E-state index is 0.128. The summed E-state index contributed by atoms with van der Waals surface area (Å²) in [5.74, 6) is 0.0228. The van der Waals surface area contributed by atoms with Gasteiger partial charge in [-0.05, 0) is 48.9 Å².